The van der Waals surface area contributed by atoms with E-state index in [1.807, 2.05) is 6.07 Å². The lowest BCUT2D eigenvalue weighted by atomic mass is 10.3. The second-order valence-electron chi connectivity index (χ2n) is 4.89. The van der Waals surface area contributed by atoms with Crippen molar-refractivity contribution in [3.8, 4) is 5.69 Å². The highest BCUT2D eigenvalue weighted by Crippen LogP contribution is 2.11. The van der Waals surface area contributed by atoms with Crippen LogP contribution in [-0.4, -0.2) is 18.3 Å². The molecule has 0 aliphatic heterocycles. The van der Waals surface area contributed by atoms with Gasteiger partial charge in [0.15, 0.2) is 11.2 Å². The summed E-state index contributed by atoms with van der Waals surface area (Å²) in [6.07, 6.45) is 0. The van der Waals surface area contributed by atoms with E-state index in [0.29, 0.717) is 11.3 Å². The third-order valence-electron chi connectivity index (χ3n) is 3.64. The van der Waals surface area contributed by atoms with Gasteiger partial charge in [0.1, 0.15) is 0 Å². The molecule has 0 radical (unpaired) electrons. The van der Waals surface area contributed by atoms with E-state index in [0.717, 1.165) is 4.57 Å². The summed E-state index contributed by atoms with van der Waals surface area (Å²) in [7, 11) is 4.48. The Hall–Kier alpha value is -2.83. The standard InChI is InChI=1S/C14H14N4O3/c1-15-11-10(12(19)17(3)13(15)20)18(14(21)16(11)2)9-7-5-4-6-8-9/h4-8H,1-3H3. The molecule has 3 rings (SSSR count). The first-order valence-electron chi connectivity index (χ1n) is 6.38. The van der Waals surface area contributed by atoms with Gasteiger partial charge in [0.2, 0.25) is 0 Å². The number of imidazole rings is 1. The summed E-state index contributed by atoms with van der Waals surface area (Å²) in [4.78, 5) is 36.9. The first-order valence-corrected chi connectivity index (χ1v) is 6.38. The fraction of sp³-hybridized carbons (Fsp3) is 0.214. The second-order valence-corrected chi connectivity index (χ2v) is 4.89. The van der Waals surface area contributed by atoms with Crippen molar-refractivity contribution >= 4 is 11.2 Å². The predicted octanol–water partition coefficient (Wildman–Crippen LogP) is -0.273. The Morgan fingerprint density at radius 2 is 1.33 bits per heavy atom. The van der Waals surface area contributed by atoms with Gasteiger partial charge in [-0.1, -0.05) is 18.2 Å². The number of hydrogen-bond acceptors (Lipinski definition) is 3. The summed E-state index contributed by atoms with van der Waals surface area (Å²) in [6, 6.07) is 8.88. The summed E-state index contributed by atoms with van der Waals surface area (Å²) in [5, 5.41) is 0. The third-order valence-corrected chi connectivity index (χ3v) is 3.64. The number of fused-ring (bicyclic) bond motifs is 1. The minimum absolute atomic E-state index is 0.193. The lowest BCUT2D eigenvalue weighted by molar-refractivity contribution is 0.696. The quantitative estimate of drug-likeness (QED) is 0.618. The Kier molecular flexibility index (Phi) is 2.72. The number of nitrogens with zero attached hydrogens (tertiary/aromatic N) is 4. The molecule has 2 aromatic heterocycles. The average Bonchev–Trinajstić information content (AvgIpc) is 2.76. The zero-order valence-electron chi connectivity index (χ0n) is 11.9. The van der Waals surface area contributed by atoms with Gasteiger partial charge in [-0.05, 0) is 12.1 Å². The van der Waals surface area contributed by atoms with E-state index in [2.05, 4.69) is 0 Å². The van der Waals surface area contributed by atoms with Gasteiger partial charge in [-0.2, -0.15) is 0 Å². The molecule has 0 aliphatic rings. The Morgan fingerprint density at radius 3 is 1.95 bits per heavy atom. The molecule has 0 saturated heterocycles. The number of aromatic nitrogens is 4. The van der Waals surface area contributed by atoms with Crippen molar-refractivity contribution < 1.29 is 0 Å². The fourth-order valence-corrected chi connectivity index (χ4v) is 2.55. The van der Waals surface area contributed by atoms with E-state index in [1.54, 1.807) is 38.4 Å². The van der Waals surface area contributed by atoms with Crippen LogP contribution in [0.5, 0.6) is 0 Å². The van der Waals surface area contributed by atoms with Crippen LogP contribution in [0.15, 0.2) is 44.7 Å². The van der Waals surface area contributed by atoms with Gasteiger partial charge in [0.05, 0.1) is 5.69 Å². The molecule has 0 saturated carbocycles. The first-order chi connectivity index (χ1) is 9.95. The van der Waals surface area contributed by atoms with Crippen molar-refractivity contribution in [1.29, 1.82) is 0 Å². The number of aryl methyl sites for hydroxylation is 2. The van der Waals surface area contributed by atoms with Crippen molar-refractivity contribution in [2.24, 2.45) is 21.1 Å². The maximum atomic E-state index is 12.5. The van der Waals surface area contributed by atoms with Gasteiger partial charge in [0, 0.05) is 21.1 Å². The summed E-state index contributed by atoms with van der Waals surface area (Å²) >= 11 is 0. The van der Waals surface area contributed by atoms with Crippen LogP contribution < -0.4 is 16.9 Å². The second kappa shape index (κ2) is 4.34. The number of hydrogen-bond donors (Lipinski definition) is 0. The monoisotopic (exact) mass is 286 g/mol. The molecule has 0 unspecified atom stereocenters. The van der Waals surface area contributed by atoms with Crippen molar-refractivity contribution in [3.63, 3.8) is 0 Å². The summed E-state index contributed by atoms with van der Waals surface area (Å²) in [5.41, 5.74) is -0.239. The maximum Gasteiger partial charge on any atom is 0.334 e. The topological polar surface area (TPSA) is 70.9 Å². The SMILES string of the molecule is Cn1c(=O)c2c(n(C)c1=O)n(C)c(=O)n2-c1ccccc1. The molecule has 108 valence electrons. The van der Waals surface area contributed by atoms with Gasteiger partial charge in [0.25, 0.3) is 5.56 Å². The lowest BCUT2D eigenvalue weighted by Crippen LogP contribution is -2.37. The van der Waals surface area contributed by atoms with Crippen molar-refractivity contribution in [2.75, 3.05) is 0 Å². The highest BCUT2D eigenvalue weighted by molar-refractivity contribution is 5.73. The van der Waals surface area contributed by atoms with E-state index < -0.39 is 11.2 Å². The van der Waals surface area contributed by atoms with Crippen molar-refractivity contribution in [2.45, 2.75) is 0 Å². The summed E-state index contributed by atoms with van der Waals surface area (Å²) in [5.74, 6) is 0. The highest BCUT2D eigenvalue weighted by Gasteiger charge is 2.20. The minimum atomic E-state index is -0.491. The highest BCUT2D eigenvalue weighted by atomic mass is 16.2. The maximum absolute atomic E-state index is 12.5. The van der Waals surface area contributed by atoms with Crippen LogP contribution >= 0.6 is 0 Å². The third kappa shape index (κ3) is 1.63. The Morgan fingerprint density at radius 1 is 0.762 bits per heavy atom. The lowest BCUT2D eigenvalue weighted by Gasteiger charge is -2.06. The Labute approximate surface area is 118 Å². The van der Waals surface area contributed by atoms with Crippen molar-refractivity contribution in [3.05, 3.63) is 61.7 Å². The van der Waals surface area contributed by atoms with E-state index in [4.69, 9.17) is 0 Å². The number of rotatable bonds is 1. The molecule has 0 fully saturated rings. The molecule has 2 heterocycles. The minimum Gasteiger partial charge on any atom is -0.281 e. The summed E-state index contributed by atoms with van der Waals surface area (Å²) in [6.45, 7) is 0. The smallest absolute Gasteiger partial charge is 0.281 e. The predicted molar refractivity (Wildman–Crippen MR) is 79.0 cm³/mol. The normalized spacial score (nSPS) is 11.2. The molecule has 0 N–H and O–H groups in total. The molecule has 3 aromatic rings. The number of para-hydroxylation sites is 1. The molecule has 0 aliphatic carbocycles. The van der Waals surface area contributed by atoms with Crippen LogP contribution in [0.2, 0.25) is 0 Å². The molecule has 7 heteroatoms. The largest absolute Gasteiger partial charge is 0.334 e. The first kappa shape index (κ1) is 13.2. The van der Waals surface area contributed by atoms with E-state index >= 15 is 0 Å². The van der Waals surface area contributed by atoms with E-state index in [1.165, 1.54) is 20.7 Å². The molecule has 21 heavy (non-hydrogen) atoms. The molecule has 1 aromatic carbocycles. The molecule has 0 atom stereocenters. The van der Waals surface area contributed by atoms with E-state index in [-0.39, 0.29) is 11.2 Å². The van der Waals surface area contributed by atoms with Crippen LogP contribution in [0.25, 0.3) is 16.9 Å². The van der Waals surface area contributed by atoms with Crippen LogP contribution in [0.4, 0.5) is 0 Å². The molecule has 0 bridgehead atoms. The van der Waals surface area contributed by atoms with Crippen LogP contribution in [0.3, 0.4) is 0 Å². The molecule has 7 nitrogen and oxygen atoms in total. The Bertz CT molecular complexity index is 1020. The zero-order chi connectivity index (χ0) is 15.3. The molecular formula is C14H14N4O3. The molecular weight excluding hydrogens is 272 g/mol. The Balaban J connectivity index is 2.66. The molecule has 0 spiro atoms. The summed E-state index contributed by atoms with van der Waals surface area (Å²) < 4.78 is 4.95. The fourth-order valence-electron chi connectivity index (χ4n) is 2.55. The number of benzene rings is 1. The van der Waals surface area contributed by atoms with Gasteiger partial charge in [-0.25, -0.2) is 9.59 Å². The van der Waals surface area contributed by atoms with Gasteiger partial charge in [-0.15, -0.1) is 0 Å². The van der Waals surface area contributed by atoms with E-state index in [9.17, 15) is 14.4 Å². The van der Waals surface area contributed by atoms with Crippen molar-refractivity contribution in [1.82, 2.24) is 18.3 Å². The molecule has 0 amide bonds. The van der Waals surface area contributed by atoms with Crippen LogP contribution in [0, 0.1) is 0 Å². The van der Waals surface area contributed by atoms with Crippen LogP contribution in [0.1, 0.15) is 0 Å². The van der Waals surface area contributed by atoms with Gasteiger partial charge >= 0.3 is 11.4 Å². The average molecular weight is 286 g/mol. The van der Waals surface area contributed by atoms with Crippen LogP contribution in [-0.2, 0) is 21.1 Å². The zero-order valence-corrected chi connectivity index (χ0v) is 11.9. The van der Waals surface area contributed by atoms with Gasteiger partial charge < -0.3 is 0 Å². The van der Waals surface area contributed by atoms with Gasteiger partial charge in [-0.3, -0.25) is 23.1 Å².